The molecule has 0 aliphatic heterocycles. The summed E-state index contributed by atoms with van der Waals surface area (Å²) in [5.41, 5.74) is 0.261. The van der Waals surface area contributed by atoms with Crippen LogP contribution in [0.5, 0.6) is 0 Å². The first-order valence-corrected chi connectivity index (χ1v) is 9.24. The highest BCUT2D eigenvalue weighted by Crippen LogP contribution is 2.51. The van der Waals surface area contributed by atoms with Gasteiger partial charge in [0.2, 0.25) is 0 Å². The lowest BCUT2D eigenvalue weighted by Crippen LogP contribution is -2.50. The molecule has 0 bridgehead atoms. The minimum atomic E-state index is 0. The topological polar surface area (TPSA) is 20.3 Å². The minimum Gasteiger partial charge on any atom is -0.300 e. The molecule has 1 heterocycles. The molecule has 0 spiro atoms. The van der Waals surface area contributed by atoms with Gasteiger partial charge in [-0.25, -0.2) is 0 Å². The van der Waals surface area contributed by atoms with Crippen LogP contribution in [-0.4, -0.2) is 30.8 Å². The number of Topliss-reactive ketones (excluding diaryl/α,β-unsaturated/α-hetero) is 1. The predicted octanol–water partition coefficient (Wildman–Crippen LogP) is 4.67. The Balaban J connectivity index is 0.00000176. The Morgan fingerprint density at radius 2 is 1.95 bits per heavy atom. The van der Waals surface area contributed by atoms with Crippen molar-refractivity contribution in [3.63, 3.8) is 0 Å². The van der Waals surface area contributed by atoms with Gasteiger partial charge in [-0.05, 0) is 57.1 Å². The van der Waals surface area contributed by atoms with E-state index >= 15 is 0 Å². The first-order valence-electron chi connectivity index (χ1n) is 8.36. The first kappa shape index (κ1) is 18.0. The summed E-state index contributed by atoms with van der Waals surface area (Å²) in [5, 5.41) is 2.21. The van der Waals surface area contributed by atoms with Crippen molar-refractivity contribution in [1.82, 2.24) is 4.90 Å². The van der Waals surface area contributed by atoms with Crippen molar-refractivity contribution in [2.45, 2.75) is 62.8 Å². The maximum atomic E-state index is 12.3. The average molecular weight is 342 g/mol. The molecule has 2 atom stereocenters. The normalized spacial score (nSPS) is 30.3. The van der Waals surface area contributed by atoms with E-state index in [0.29, 0.717) is 5.78 Å². The minimum absolute atomic E-state index is 0. The number of thiophene rings is 1. The third-order valence-electron chi connectivity index (χ3n) is 5.77. The second-order valence-corrected chi connectivity index (χ2v) is 8.07. The number of likely N-dealkylation sites (N-methyl/N-ethyl adjacent to an activating group) is 1. The van der Waals surface area contributed by atoms with Crippen molar-refractivity contribution < 1.29 is 4.79 Å². The SMILES string of the molecule is CN(C)C1CC(c2cccs2)(C2CCCCC2)CCC1=O.Cl. The quantitative estimate of drug-likeness (QED) is 0.796. The van der Waals surface area contributed by atoms with Gasteiger partial charge in [-0.2, -0.15) is 0 Å². The van der Waals surface area contributed by atoms with Gasteiger partial charge in [0.25, 0.3) is 0 Å². The standard InChI is InChI=1S/C18H27NOS.ClH/c1-19(2)15-13-18(11-10-16(15)20,17-9-6-12-21-17)14-7-4-3-5-8-14;/h6,9,12,14-15H,3-5,7-8,10-11,13H2,1-2H3;1H. The maximum absolute atomic E-state index is 12.3. The zero-order valence-corrected chi connectivity index (χ0v) is 15.3. The van der Waals surface area contributed by atoms with E-state index in [1.807, 2.05) is 11.3 Å². The van der Waals surface area contributed by atoms with Crippen molar-refractivity contribution in [2.75, 3.05) is 14.1 Å². The Kier molecular flexibility index (Phi) is 6.09. The van der Waals surface area contributed by atoms with Crippen LogP contribution in [0.15, 0.2) is 17.5 Å². The molecule has 22 heavy (non-hydrogen) atoms. The Hall–Kier alpha value is -0.380. The molecule has 0 amide bonds. The molecule has 0 aromatic carbocycles. The molecule has 0 N–H and O–H groups in total. The average Bonchev–Trinajstić information content (AvgIpc) is 3.03. The van der Waals surface area contributed by atoms with Gasteiger partial charge in [0.05, 0.1) is 6.04 Å². The summed E-state index contributed by atoms with van der Waals surface area (Å²) in [7, 11) is 4.13. The second-order valence-electron chi connectivity index (χ2n) is 7.12. The number of carbonyl (C=O) groups excluding carboxylic acids is 1. The Bertz CT molecular complexity index is 481. The summed E-state index contributed by atoms with van der Waals surface area (Å²) in [6.45, 7) is 0. The zero-order valence-electron chi connectivity index (χ0n) is 13.7. The highest BCUT2D eigenvalue weighted by molar-refractivity contribution is 7.10. The molecule has 3 rings (SSSR count). The van der Waals surface area contributed by atoms with Crippen LogP contribution in [0.25, 0.3) is 0 Å². The molecule has 1 aromatic rings. The molecule has 1 aromatic heterocycles. The van der Waals surface area contributed by atoms with Crippen molar-refractivity contribution in [3.8, 4) is 0 Å². The molecule has 4 heteroatoms. The number of halogens is 1. The van der Waals surface area contributed by atoms with E-state index in [9.17, 15) is 4.79 Å². The zero-order chi connectivity index (χ0) is 14.9. The number of rotatable bonds is 3. The summed E-state index contributed by atoms with van der Waals surface area (Å²) in [5.74, 6) is 1.23. The van der Waals surface area contributed by atoms with Gasteiger partial charge in [0, 0.05) is 16.7 Å². The first-order chi connectivity index (χ1) is 10.1. The maximum Gasteiger partial charge on any atom is 0.150 e. The Morgan fingerprint density at radius 3 is 2.55 bits per heavy atom. The fourth-order valence-corrected chi connectivity index (χ4v) is 5.60. The van der Waals surface area contributed by atoms with E-state index in [1.165, 1.54) is 37.0 Å². The fourth-order valence-electron chi connectivity index (χ4n) is 4.56. The number of ketones is 1. The van der Waals surface area contributed by atoms with E-state index in [0.717, 1.165) is 25.2 Å². The van der Waals surface area contributed by atoms with Gasteiger partial charge in [-0.3, -0.25) is 9.69 Å². The van der Waals surface area contributed by atoms with Crippen LogP contribution in [0.4, 0.5) is 0 Å². The van der Waals surface area contributed by atoms with Gasteiger partial charge < -0.3 is 0 Å². The molecule has 2 aliphatic carbocycles. The third kappa shape index (κ3) is 3.27. The summed E-state index contributed by atoms with van der Waals surface area (Å²) in [4.78, 5) is 16.0. The van der Waals surface area contributed by atoms with E-state index < -0.39 is 0 Å². The summed E-state index contributed by atoms with van der Waals surface area (Å²) in [6, 6.07) is 4.62. The van der Waals surface area contributed by atoms with Crippen LogP contribution in [0, 0.1) is 5.92 Å². The van der Waals surface area contributed by atoms with Crippen LogP contribution < -0.4 is 0 Å². The van der Waals surface area contributed by atoms with Crippen molar-refractivity contribution in [1.29, 1.82) is 0 Å². The molecule has 0 radical (unpaired) electrons. The van der Waals surface area contributed by atoms with Crippen molar-refractivity contribution in [3.05, 3.63) is 22.4 Å². The van der Waals surface area contributed by atoms with Gasteiger partial charge >= 0.3 is 0 Å². The molecule has 2 saturated carbocycles. The second kappa shape index (κ2) is 7.46. The molecular weight excluding hydrogens is 314 g/mol. The fraction of sp³-hybridized carbons (Fsp3) is 0.722. The van der Waals surface area contributed by atoms with Gasteiger partial charge in [-0.1, -0.05) is 25.3 Å². The predicted molar refractivity (Wildman–Crippen MR) is 96.2 cm³/mol. The number of hydrogen-bond acceptors (Lipinski definition) is 3. The van der Waals surface area contributed by atoms with Gasteiger partial charge in [-0.15, -0.1) is 23.7 Å². The third-order valence-corrected chi connectivity index (χ3v) is 6.86. The van der Waals surface area contributed by atoms with Crippen LogP contribution in [-0.2, 0) is 10.2 Å². The monoisotopic (exact) mass is 341 g/mol. The van der Waals surface area contributed by atoms with Crippen LogP contribution in [0.1, 0.15) is 56.2 Å². The molecule has 2 aliphatic rings. The number of nitrogens with zero attached hydrogens (tertiary/aromatic N) is 1. The van der Waals surface area contributed by atoms with Crippen LogP contribution >= 0.6 is 23.7 Å². The molecule has 2 fully saturated rings. The van der Waals surface area contributed by atoms with Gasteiger partial charge in [0.15, 0.2) is 0 Å². The lowest BCUT2D eigenvalue weighted by Gasteiger charge is -2.48. The largest absolute Gasteiger partial charge is 0.300 e. The molecule has 2 unspecified atom stereocenters. The molecular formula is C18H28ClNOS. The molecule has 2 nitrogen and oxygen atoms in total. The summed E-state index contributed by atoms with van der Waals surface area (Å²) in [6.07, 6.45) is 9.71. The van der Waals surface area contributed by atoms with Crippen molar-refractivity contribution >= 4 is 29.5 Å². The highest BCUT2D eigenvalue weighted by atomic mass is 35.5. The summed E-state index contributed by atoms with van der Waals surface area (Å²) >= 11 is 1.91. The number of carbonyl (C=O) groups is 1. The molecule has 124 valence electrons. The van der Waals surface area contributed by atoms with E-state index in [-0.39, 0.29) is 23.9 Å². The number of hydrogen-bond donors (Lipinski definition) is 0. The lowest BCUT2D eigenvalue weighted by molar-refractivity contribution is -0.127. The van der Waals surface area contributed by atoms with Crippen LogP contribution in [0.2, 0.25) is 0 Å². The smallest absolute Gasteiger partial charge is 0.150 e. The van der Waals surface area contributed by atoms with Crippen molar-refractivity contribution in [2.24, 2.45) is 5.92 Å². The van der Waals surface area contributed by atoms with E-state index in [2.05, 4.69) is 36.5 Å². The Labute approximate surface area is 144 Å². The summed E-state index contributed by atoms with van der Waals surface area (Å²) < 4.78 is 0. The van der Waals surface area contributed by atoms with Gasteiger partial charge in [0.1, 0.15) is 5.78 Å². The molecule has 0 saturated heterocycles. The van der Waals surface area contributed by atoms with E-state index in [4.69, 9.17) is 0 Å². The van der Waals surface area contributed by atoms with Crippen LogP contribution in [0.3, 0.4) is 0 Å². The Morgan fingerprint density at radius 1 is 1.23 bits per heavy atom. The van der Waals surface area contributed by atoms with E-state index in [1.54, 1.807) is 0 Å². The lowest BCUT2D eigenvalue weighted by atomic mass is 9.59. The highest BCUT2D eigenvalue weighted by Gasteiger charge is 2.47.